The minimum Gasteiger partial charge on any atom is -0.480 e. The summed E-state index contributed by atoms with van der Waals surface area (Å²) in [5, 5.41) is 17.0. The Hall–Kier alpha value is -2.24. The lowest BCUT2D eigenvalue weighted by Crippen LogP contribution is -2.58. The van der Waals surface area contributed by atoms with Crippen molar-refractivity contribution in [2.24, 2.45) is 11.7 Å². The van der Waals surface area contributed by atoms with E-state index in [1.165, 1.54) is 11.8 Å². The molecule has 0 aliphatic heterocycles. The van der Waals surface area contributed by atoms with Crippen molar-refractivity contribution in [3.63, 3.8) is 0 Å². The lowest BCUT2D eigenvalue weighted by Gasteiger charge is -2.25. The van der Waals surface area contributed by atoms with Crippen molar-refractivity contribution in [2.75, 3.05) is 17.8 Å². The van der Waals surface area contributed by atoms with Crippen LogP contribution in [0.1, 0.15) is 25.8 Å². The van der Waals surface area contributed by atoms with Crippen LogP contribution in [-0.2, 0) is 25.6 Å². The number of thioether (sulfide) groups is 1. The van der Waals surface area contributed by atoms with E-state index >= 15 is 0 Å². The van der Waals surface area contributed by atoms with Crippen LogP contribution < -0.4 is 21.7 Å². The molecule has 6 N–H and O–H groups in total. The predicted octanol–water partition coefficient (Wildman–Crippen LogP) is 0.434. The van der Waals surface area contributed by atoms with Gasteiger partial charge in [-0.25, -0.2) is 4.79 Å². The van der Waals surface area contributed by atoms with Crippen LogP contribution in [0.4, 0.5) is 0 Å². The highest BCUT2D eigenvalue weighted by atomic mass is 32.2. The highest BCUT2D eigenvalue weighted by Crippen LogP contribution is 2.07. The van der Waals surface area contributed by atoms with Crippen molar-refractivity contribution >= 4 is 48.1 Å². The molecule has 1 rings (SSSR count). The van der Waals surface area contributed by atoms with Crippen molar-refractivity contribution in [1.82, 2.24) is 16.0 Å². The monoisotopic (exact) mass is 498 g/mol. The zero-order valence-corrected chi connectivity index (χ0v) is 20.8. The van der Waals surface area contributed by atoms with Gasteiger partial charge in [-0.2, -0.15) is 24.4 Å². The van der Waals surface area contributed by atoms with Crippen LogP contribution in [0.5, 0.6) is 0 Å². The number of carboxylic acids is 1. The van der Waals surface area contributed by atoms with Crippen molar-refractivity contribution in [3.05, 3.63) is 35.9 Å². The van der Waals surface area contributed by atoms with Gasteiger partial charge in [-0.3, -0.25) is 14.4 Å². The van der Waals surface area contributed by atoms with Crippen molar-refractivity contribution in [1.29, 1.82) is 0 Å². The summed E-state index contributed by atoms with van der Waals surface area (Å²) in [6.07, 6.45) is 2.27. The van der Waals surface area contributed by atoms with E-state index in [0.29, 0.717) is 5.75 Å². The highest BCUT2D eigenvalue weighted by Gasteiger charge is 2.30. The molecule has 3 amide bonds. The number of nitrogens with two attached hydrogens (primary N) is 1. The number of carboxylic acid groups (broad SMARTS) is 1. The first-order valence-electron chi connectivity index (χ1n) is 10.6. The number of hydrogen-bond donors (Lipinski definition) is 6. The van der Waals surface area contributed by atoms with Gasteiger partial charge in [-0.05, 0) is 29.9 Å². The number of benzene rings is 1. The summed E-state index contributed by atoms with van der Waals surface area (Å²) in [4.78, 5) is 49.6. The summed E-state index contributed by atoms with van der Waals surface area (Å²) >= 11 is 5.60. The molecule has 0 aliphatic carbocycles. The Labute approximate surface area is 204 Å². The number of hydrogen-bond acceptors (Lipinski definition) is 7. The minimum atomic E-state index is -1.15. The Balaban J connectivity index is 2.95. The maximum Gasteiger partial charge on any atom is 0.326 e. The molecule has 0 fully saturated rings. The molecule has 4 unspecified atom stereocenters. The third-order valence-electron chi connectivity index (χ3n) is 4.98. The van der Waals surface area contributed by atoms with Gasteiger partial charge in [0.2, 0.25) is 17.7 Å². The Morgan fingerprint density at radius 3 is 2.03 bits per heavy atom. The van der Waals surface area contributed by atoms with Crippen molar-refractivity contribution in [3.8, 4) is 0 Å². The SMILES string of the molecule is CSCCC(NC(=O)C(CS)NC(=O)C(Cc1ccccc1)NC(=O)C(N)C(C)C)C(=O)O. The van der Waals surface area contributed by atoms with Crippen LogP contribution >= 0.6 is 24.4 Å². The molecule has 0 saturated carbocycles. The van der Waals surface area contributed by atoms with E-state index in [1.807, 2.05) is 36.6 Å². The molecule has 9 nitrogen and oxygen atoms in total. The summed E-state index contributed by atoms with van der Waals surface area (Å²) in [6.45, 7) is 3.60. The molecule has 1 aromatic carbocycles. The third kappa shape index (κ3) is 10.1. The molecule has 0 heterocycles. The molecular weight excluding hydrogens is 464 g/mol. The first-order chi connectivity index (χ1) is 15.6. The van der Waals surface area contributed by atoms with Crippen molar-refractivity contribution in [2.45, 2.75) is 50.9 Å². The Morgan fingerprint density at radius 2 is 1.52 bits per heavy atom. The van der Waals surface area contributed by atoms with E-state index in [2.05, 4.69) is 28.6 Å². The average molecular weight is 499 g/mol. The predicted molar refractivity (Wildman–Crippen MR) is 133 cm³/mol. The van der Waals surface area contributed by atoms with Crippen LogP contribution in [0.2, 0.25) is 0 Å². The van der Waals surface area contributed by atoms with Gasteiger partial charge < -0.3 is 26.8 Å². The molecule has 0 spiro atoms. The van der Waals surface area contributed by atoms with E-state index in [9.17, 15) is 24.3 Å². The lowest BCUT2D eigenvalue weighted by molar-refractivity contribution is -0.142. The van der Waals surface area contributed by atoms with E-state index in [4.69, 9.17) is 5.73 Å². The molecule has 0 radical (unpaired) electrons. The van der Waals surface area contributed by atoms with Gasteiger partial charge in [0, 0.05) is 12.2 Å². The Bertz CT molecular complexity index is 794. The van der Waals surface area contributed by atoms with E-state index in [-0.39, 0.29) is 24.5 Å². The van der Waals surface area contributed by atoms with Gasteiger partial charge in [0.05, 0.1) is 6.04 Å². The van der Waals surface area contributed by atoms with Gasteiger partial charge in [0.15, 0.2) is 0 Å². The lowest BCUT2D eigenvalue weighted by atomic mass is 10.0. The van der Waals surface area contributed by atoms with Crippen LogP contribution in [0.25, 0.3) is 0 Å². The summed E-state index contributed by atoms with van der Waals surface area (Å²) < 4.78 is 0. The number of rotatable bonds is 14. The number of carbonyl (C=O) groups is 4. The summed E-state index contributed by atoms with van der Waals surface area (Å²) in [7, 11) is 0. The molecule has 0 bridgehead atoms. The van der Waals surface area contributed by atoms with E-state index in [0.717, 1.165) is 5.56 Å². The van der Waals surface area contributed by atoms with Gasteiger partial charge >= 0.3 is 5.97 Å². The fourth-order valence-corrected chi connectivity index (χ4v) is 3.59. The summed E-state index contributed by atoms with van der Waals surface area (Å²) in [5.41, 5.74) is 6.73. The number of nitrogens with one attached hydrogen (secondary N) is 3. The first kappa shape index (κ1) is 28.8. The maximum absolute atomic E-state index is 13.0. The van der Waals surface area contributed by atoms with E-state index < -0.39 is 47.9 Å². The fraction of sp³-hybridized carbons (Fsp3) is 0.545. The zero-order chi connectivity index (χ0) is 25.0. The molecule has 1 aromatic rings. The number of amides is 3. The van der Waals surface area contributed by atoms with Gasteiger partial charge in [-0.1, -0.05) is 44.2 Å². The molecule has 33 heavy (non-hydrogen) atoms. The normalized spacial score (nSPS) is 14.6. The Morgan fingerprint density at radius 1 is 0.970 bits per heavy atom. The topological polar surface area (TPSA) is 151 Å². The minimum absolute atomic E-state index is 0.0516. The average Bonchev–Trinajstić information content (AvgIpc) is 2.79. The zero-order valence-electron chi connectivity index (χ0n) is 19.1. The molecule has 0 saturated heterocycles. The first-order valence-corrected chi connectivity index (χ1v) is 12.7. The number of thiol groups is 1. The molecular formula is C22H34N4O5S2. The number of carbonyl (C=O) groups excluding carboxylic acids is 3. The summed E-state index contributed by atoms with van der Waals surface area (Å²) in [5.74, 6) is -2.51. The second kappa shape index (κ2) is 14.8. The standard InChI is InChI=1S/C22H34N4O5S2/c1-13(2)18(23)21(29)25-16(11-14-7-5-4-6-8-14)19(27)26-17(12-32)20(28)24-15(22(30)31)9-10-33-3/h4-8,13,15-18,32H,9-12,23H2,1-3H3,(H,24,28)(H,25,29)(H,26,27)(H,30,31). The van der Waals surface area contributed by atoms with Crippen LogP contribution in [0.15, 0.2) is 30.3 Å². The molecule has 4 atom stereocenters. The highest BCUT2D eigenvalue weighted by molar-refractivity contribution is 7.98. The third-order valence-corrected chi connectivity index (χ3v) is 5.99. The van der Waals surface area contributed by atoms with Crippen LogP contribution in [0.3, 0.4) is 0 Å². The quantitative estimate of drug-likeness (QED) is 0.204. The smallest absolute Gasteiger partial charge is 0.326 e. The molecule has 0 aliphatic rings. The fourth-order valence-electron chi connectivity index (χ4n) is 2.86. The van der Waals surface area contributed by atoms with Crippen LogP contribution in [0, 0.1) is 5.92 Å². The largest absolute Gasteiger partial charge is 0.480 e. The second-order valence-electron chi connectivity index (χ2n) is 7.95. The summed E-state index contributed by atoms with van der Waals surface area (Å²) in [6, 6.07) is 5.18. The molecule has 0 aromatic heterocycles. The molecule has 184 valence electrons. The van der Waals surface area contributed by atoms with Crippen molar-refractivity contribution < 1.29 is 24.3 Å². The Kier molecular flexibility index (Phi) is 12.9. The van der Waals surface area contributed by atoms with Crippen LogP contribution in [-0.4, -0.2) is 70.7 Å². The maximum atomic E-state index is 13.0. The molecule has 11 heteroatoms. The van der Waals surface area contributed by atoms with Gasteiger partial charge in [0.1, 0.15) is 18.1 Å². The van der Waals surface area contributed by atoms with Gasteiger partial charge in [0.25, 0.3) is 0 Å². The van der Waals surface area contributed by atoms with Gasteiger partial charge in [-0.15, -0.1) is 0 Å². The number of aliphatic carboxylic acids is 1. The van der Waals surface area contributed by atoms with E-state index in [1.54, 1.807) is 13.8 Å². The second-order valence-corrected chi connectivity index (χ2v) is 9.30.